The molecule has 118 valence electrons. The van der Waals surface area contributed by atoms with Crippen molar-refractivity contribution in [2.75, 3.05) is 12.4 Å². The second-order valence-corrected chi connectivity index (χ2v) is 7.91. The molecule has 4 heteroatoms. The fourth-order valence-electron chi connectivity index (χ4n) is 5.34. The molecule has 4 aliphatic carbocycles. The number of methoxy groups -OCH3 is 1. The van der Waals surface area contributed by atoms with Crippen molar-refractivity contribution in [1.82, 2.24) is 5.32 Å². The molecule has 1 aromatic carbocycles. The SMILES string of the molecule is COc1ccc(NC(=S)NC23CC4CC(CC(C4)C2)C3)cc1. The molecule has 1 aromatic rings. The summed E-state index contributed by atoms with van der Waals surface area (Å²) in [5.74, 6) is 3.66. The summed E-state index contributed by atoms with van der Waals surface area (Å²) < 4.78 is 5.19. The van der Waals surface area contributed by atoms with Crippen LogP contribution in [0.2, 0.25) is 0 Å². The molecule has 22 heavy (non-hydrogen) atoms. The molecule has 4 saturated carbocycles. The zero-order valence-electron chi connectivity index (χ0n) is 13.1. The standard InChI is InChI=1S/C18H24N2OS/c1-21-16-4-2-15(3-5-16)19-17(22)20-18-9-12-6-13(10-18)8-14(7-12)11-18/h2-5,12-14H,6-11H2,1H3,(H2,19,20,22). The number of thiocarbonyl (C=S) groups is 1. The average molecular weight is 316 g/mol. The van der Waals surface area contributed by atoms with Crippen LogP contribution in [0.25, 0.3) is 0 Å². The van der Waals surface area contributed by atoms with Crippen molar-refractivity contribution in [3.8, 4) is 5.75 Å². The molecular weight excluding hydrogens is 292 g/mol. The molecule has 0 aromatic heterocycles. The van der Waals surface area contributed by atoms with Gasteiger partial charge in [0.1, 0.15) is 5.75 Å². The van der Waals surface area contributed by atoms with Gasteiger partial charge in [0.25, 0.3) is 0 Å². The number of hydrogen-bond donors (Lipinski definition) is 2. The van der Waals surface area contributed by atoms with Crippen LogP contribution in [0.15, 0.2) is 24.3 Å². The Morgan fingerprint density at radius 1 is 1.05 bits per heavy atom. The highest BCUT2D eigenvalue weighted by molar-refractivity contribution is 7.80. The van der Waals surface area contributed by atoms with Crippen LogP contribution >= 0.6 is 12.2 Å². The Labute approximate surface area is 137 Å². The molecule has 0 heterocycles. The smallest absolute Gasteiger partial charge is 0.171 e. The van der Waals surface area contributed by atoms with Gasteiger partial charge in [-0.25, -0.2) is 0 Å². The van der Waals surface area contributed by atoms with Gasteiger partial charge in [0.05, 0.1) is 7.11 Å². The van der Waals surface area contributed by atoms with E-state index >= 15 is 0 Å². The fraction of sp³-hybridized carbons (Fsp3) is 0.611. The van der Waals surface area contributed by atoms with Gasteiger partial charge < -0.3 is 15.4 Å². The Kier molecular flexibility index (Phi) is 3.52. The van der Waals surface area contributed by atoms with Crippen LogP contribution < -0.4 is 15.4 Å². The third kappa shape index (κ3) is 2.69. The summed E-state index contributed by atoms with van der Waals surface area (Å²) in [5, 5.41) is 7.79. The topological polar surface area (TPSA) is 33.3 Å². The Hall–Kier alpha value is -1.29. The van der Waals surface area contributed by atoms with Crippen LogP contribution in [0, 0.1) is 17.8 Å². The summed E-state index contributed by atoms with van der Waals surface area (Å²) in [4.78, 5) is 0. The molecule has 5 rings (SSSR count). The first-order chi connectivity index (χ1) is 10.6. The maximum atomic E-state index is 5.58. The number of anilines is 1. The van der Waals surface area contributed by atoms with Gasteiger partial charge in [-0.05, 0) is 92.8 Å². The Balaban J connectivity index is 1.41. The summed E-state index contributed by atoms with van der Waals surface area (Å²) in [7, 11) is 1.68. The molecule has 0 radical (unpaired) electrons. The monoisotopic (exact) mass is 316 g/mol. The third-order valence-corrected chi connectivity index (χ3v) is 5.97. The second kappa shape index (κ2) is 5.41. The van der Waals surface area contributed by atoms with Crippen LogP contribution in [0.3, 0.4) is 0 Å². The van der Waals surface area contributed by atoms with Crippen LogP contribution in [0.4, 0.5) is 5.69 Å². The van der Waals surface area contributed by atoms with Gasteiger partial charge in [0, 0.05) is 11.2 Å². The Bertz CT molecular complexity index is 534. The van der Waals surface area contributed by atoms with E-state index in [9.17, 15) is 0 Å². The van der Waals surface area contributed by atoms with Crippen molar-refractivity contribution < 1.29 is 4.74 Å². The van der Waals surface area contributed by atoms with Gasteiger partial charge in [0.2, 0.25) is 0 Å². The Morgan fingerprint density at radius 2 is 1.59 bits per heavy atom. The summed E-state index contributed by atoms with van der Waals surface area (Å²) in [6.07, 6.45) is 8.30. The van der Waals surface area contributed by atoms with Crippen molar-refractivity contribution >= 4 is 23.0 Å². The number of ether oxygens (including phenoxy) is 1. The van der Waals surface area contributed by atoms with Crippen molar-refractivity contribution in [1.29, 1.82) is 0 Å². The molecule has 0 unspecified atom stereocenters. The molecule has 0 atom stereocenters. The highest BCUT2D eigenvalue weighted by atomic mass is 32.1. The lowest BCUT2D eigenvalue weighted by atomic mass is 9.53. The van der Waals surface area contributed by atoms with E-state index in [0.29, 0.717) is 0 Å². The van der Waals surface area contributed by atoms with E-state index in [1.54, 1.807) is 7.11 Å². The van der Waals surface area contributed by atoms with Crippen LogP contribution in [-0.4, -0.2) is 17.8 Å². The maximum absolute atomic E-state index is 5.58. The molecule has 4 bridgehead atoms. The first-order valence-corrected chi connectivity index (χ1v) is 8.78. The van der Waals surface area contributed by atoms with Gasteiger partial charge in [-0.1, -0.05) is 0 Å². The second-order valence-electron chi connectivity index (χ2n) is 7.51. The van der Waals surface area contributed by atoms with Gasteiger partial charge in [-0.2, -0.15) is 0 Å². The molecule has 0 spiro atoms. The number of nitrogens with one attached hydrogen (secondary N) is 2. The average Bonchev–Trinajstić information content (AvgIpc) is 2.45. The highest BCUT2D eigenvalue weighted by Crippen LogP contribution is 2.55. The molecule has 0 saturated heterocycles. The lowest BCUT2D eigenvalue weighted by Crippen LogP contribution is -2.60. The molecule has 0 amide bonds. The van der Waals surface area contributed by atoms with Crippen molar-refractivity contribution in [2.45, 2.75) is 44.1 Å². The molecule has 4 aliphatic rings. The van der Waals surface area contributed by atoms with Gasteiger partial charge in [-0.15, -0.1) is 0 Å². The minimum absolute atomic E-state index is 0.269. The predicted molar refractivity (Wildman–Crippen MR) is 93.3 cm³/mol. The minimum atomic E-state index is 0.269. The molecule has 0 aliphatic heterocycles. The zero-order valence-corrected chi connectivity index (χ0v) is 13.9. The minimum Gasteiger partial charge on any atom is -0.497 e. The summed E-state index contributed by atoms with van der Waals surface area (Å²) in [6, 6.07) is 7.92. The normalized spacial score (nSPS) is 35.2. The Morgan fingerprint density at radius 3 is 2.09 bits per heavy atom. The van der Waals surface area contributed by atoms with E-state index < -0.39 is 0 Å². The van der Waals surface area contributed by atoms with Gasteiger partial charge >= 0.3 is 0 Å². The van der Waals surface area contributed by atoms with Crippen LogP contribution in [0.1, 0.15) is 38.5 Å². The lowest BCUT2D eigenvalue weighted by molar-refractivity contribution is -0.00972. The molecule has 4 fully saturated rings. The lowest BCUT2D eigenvalue weighted by Gasteiger charge is -2.57. The molecule has 2 N–H and O–H groups in total. The van der Waals surface area contributed by atoms with E-state index in [0.717, 1.165) is 34.3 Å². The molecule has 3 nitrogen and oxygen atoms in total. The van der Waals surface area contributed by atoms with Crippen LogP contribution in [0.5, 0.6) is 5.75 Å². The highest BCUT2D eigenvalue weighted by Gasteiger charge is 2.51. The summed E-state index contributed by atoms with van der Waals surface area (Å²) in [6.45, 7) is 0. The summed E-state index contributed by atoms with van der Waals surface area (Å²) in [5.41, 5.74) is 1.29. The summed E-state index contributed by atoms with van der Waals surface area (Å²) >= 11 is 5.58. The van der Waals surface area contributed by atoms with Crippen molar-refractivity contribution in [2.24, 2.45) is 17.8 Å². The number of hydrogen-bond acceptors (Lipinski definition) is 2. The van der Waals surface area contributed by atoms with Gasteiger partial charge in [0.15, 0.2) is 5.11 Å². The largest absolute Gasteiger partial charge is 0.497 e. The fourth-order valence-corrected chi connectivity index (χ4v) is 5.68. The maximum Gasteiger partial charge on any atom is 0.171 e. The zero-order chi connectivity index (χ0) is 15.2. The van der Waals surface area contributed by atoms with E-state index in [1.165, 1.54) is 38.5 Å². The van der Waals surface area contributed by atoms with E-state index in [-0.39, 0.29) is 5.54 Å². The van der Waals surface area contributed by atoms with E-state index in [2.05, 4.69) is 10.6 Å². The molecular formula is C18H24N2OS. The predicted octanol–water partition coefficient (Wildman–Crippen LogP) is 3.95. The van der Waals surface area contributed by atoms with E-state index in [1.807, 2.05) is 24.3 Å². The van der Waals surface area contributed by atoms with Gasteiger partial charge in [-0.3, -0.25) is 0 Å². The quantitative estimate of drug-likeness (QED) is 0.827. The first-order valence-electron chi connectivity index (χ1n) is 8.37. The van der Waals surface area contributed by atoms with Crippen LogP contribution in [-0.2, 0) is 0 Å². The van der Waals surface area contributed by atoms with Crippen molar-refractivity contribution in [3.63, 3.8) is 0 Å². The number of benzene rings is 1. The van der Waals surface area contributed by atoms with Crippen molar-refractivity contribution in [3.05, 3.63) is 24.3 Å². The van der Waals surface area contributed by atoms with E-state index in [4.69, 9.17) is 17.0 Å². The number of rotatable bonds is 3. The first kappa shape index (κ1) is 14.3. The third-order valence-electron chi connectivity index (χ3n) is 5.76.